The summed E-state index contributed by atoms with van der Waals surface area (Å²) in [7, 11) is 0. The van der Waals surface area contributed by atoms with Gasteiger partial charge in [-0.1, -0.05) is 31.5 Å². The second-order valence-electron chi connectivity index (χ2n) is 3.55. The highest BCUT2D eigenvalue weighted by Crippen LogP contribution is 2.35. The minimum Gasteiger partial charge on any atom is -0.258 e. The zero-order valence-electron chi connectivity index (χ0n) is 8.57. The zero-order valence-corrected chi connectivity index (χ0v) is 10.1. The van der Waals surface area contributed by atoms with Crippen molar-refractivity contribution in [2.45, 2.75) is 18.7 Å². The van der Waals surface area contributed by atoms with Crippen LogP contribution in [0.15, 0.2) is 23.1 Å². The van der Waals surface area contributed by atoms with Crippen molar-refractivity contribution < 1.29 is 4.92 Å². The number of nitrogens with zero attached hydrogens (tertiary/aromatic N) is 1. The van der Waals surface area contributed by atoms with Crippen LogP contribution in [0.1, 0.15) is 13.8 Å². The maximum atomic E-state index is 10.8. The summed E-state index contributed by atoms with van der Waals surface area (Å²) in [6.45, 7) is 4.15. The normalized spacial score (nSPS) is 10.7. The van der Waals surface area contributed by atoms with Gasteiger partial charge in [-0.05, 0) is 18.1 Å². The number of hydrogen-bond donors (Lipinski definition) is 0. The van der Waals surface area contributed by atoms with E-state index in [1.54, 1.807) is 18.2 Å². The highest BCUT2D eigenvalue weighted by Gasteiger charge is 2.18. The largest absolute Gasteiger partial charge is 0.301 e. The van der Waals surface area contributed by atoms with Gasteiger partial charge in [0.25, 0.3) is 0 Å². The van der Waals surface area contributed by atoms with Crippen LogP contribution in [0.25, 0.3) is 0 Å². The molecule has 3 nitrogen and oxygen atoms in total. The topological polar surface area (TPSA) is 43.1 Å². The van der Waals surface area contributed by atoms with E-state index < -0.39 is 4.92 Å². The second kappa shape index (κ2) is 5.37. The molecule has 0 bridgehead atoms. The van der Waals surface area contributed by atoms with Gasteiger partial charge in [0, 0.05) is 5.75 Å². The van der Waals surface area contributed by atoms with Crippen molar-refractivity contribution in [2.75, 3.05) is 5.75 Å². The molecule has 0 radical (unpaired) electrons. The highest BCUT2D eigenvalue weighted by atomic mass is 35.5. The van der Waals surface area contributed by atoms with Crippen molar-refractivity contribution in [3.8, 4) is 0 Å². The lowest BCUT2D eigenvalue weighted by Gasteiger charge is -2.05. The molecule has 0 aliphatic heterocycles. The average Bonchev–Trinajstić information content (AvgIpc) is 2.13. The predicted octanol–water partition coefficient (Wildman–Crippen LogP) is 4.00. The van der Waals surface area contributed by atoms with E-state index >= 15 is 0 Å². The molecule has 0 saturated carbocycles. The maximum Gasteiger partial charge on any atom is 0.301 e. The second-order valence-corrected chi connectivity index (χ2v) is 5.02. The molecular weight excluding hydrogens is 234 g/mol. The summed E-state index contributed by atoms with van der Waals surface area (Å²) in [4.78, 5) is 11.0. The predicted molar refractivity (Wildman–Crippen MR) is 63.7 cm³/mol. The third kappa shape index (κ3) is 3.39. The van der Waals surface area contributed by atoms with Crippen molar-refractivity contribution in [3.05, 3.63) is 33.3 Å². The molecule has 0 heterocycles. The summed E-state index contributed by atoms with van der Waals surface area (Å²) in [6.07, 6.45) is 0. The summed E-state index contributed by atoms with van der Waals surface area (Å²) in [5, 5.41) is 11.0. The van der Waals surface area contributed by atoms with Gasteiger partial charge in [-0.15, -0.1) is 11.8 Å². The Kier molecular flexibility index (Phi) is 4.42. The van der Waals surface area contributed by atoms with Crippen molar-refractivity contribution in [2.24, 2.45) is 5.92 Å². The summed E-state index contributed by atoms with van der Waals surface area (Å²) >= 11 is 7.26. The molecular formula is C10H12ClNO2S. The smallest absolute Gasteiger partial charge is 0.258 e. The summed E-state index contributed by atoms with van der Waals surface area (Å²) in [5.74, 6) is 1.34. The first-order valence-electron chi connectivity index (χ1n) is 4.58. The van der Waals surface area contributed by atoms with Crippen molar-refractivity contribution in [1.82, 2.24) is 0 Å². The number of benzene rings is 1. The average molecular weight is 246 g/mol. The molecule has 0 N–H and O–H groups in total. The summed E-state index contributed by atoms with van der Waals surface area (Å²) in [5.41, 5.74) is 0.0183. The van der Waals surface area contributed by atoms with Crippen LogP contribution in [0.4, 0.5) is 5.69 Å². The first kappa shape index (κ1) is 12.3. The van der Waals surface area contributed by atoms with Gasteiger partial charge >= 0.3 is 5.69 Å². The van der Waals surface area contributed by atoms with Crippen LogP contribution in [-0.4, -0.2) is 10.7 Å². The lowest BCUT2D eigenvalue weighted by Crippen LogP contribution is -1.95. The molecule has 0 aliphatic rings. The van der Waals surface area contributed by atoms with E-state index in [1.165, 1.54) is 11.8 Å². The third-order valence-electron chi connectivity index (χ3n) is 1.70. The highest BCUT2D eigenvalue weighted by molar-refractivity contribution is 7.99. The molecule has 82 valence electrons. The van der Waals surface area contributed by atoms with Gasteiger partial charge in [0.15, 0.2) is 0 Å². The van der Waals surface area contributed by atoms with Crippen LogP contribution in [0.2, 0.25) is 5.02 Å². The van der Waals surface area contributed by atoms with E-state index in [9.17, 15) is 10.1 Å². The molecule has 1 aromatic carbocycles. The molecule has 1 rings (SSSR count). The van der Waals surface area contributed by atoms with E-state index in [0.717, 1.165) is 5.75 Å². The monoisotopic (exact) mass is 245 g/mol. The standard InChI is InChI=1S/C10H12ClNO2S/c1-7(2)6-15-9-5-3-4-8(11)10(9)12(13)14/h3-5,7H,6H2,1-2H3. The van der Waals surface area contributed by atoms with Crippen LogP contribution in [0.3, 0.4) is 0 Å². The van der Waals surface area contributed by atoms with Gasteiger partial charge < -0.3 is 0 Å². The Balaban J connectivity index is 2.96. The van der Waals surface area contributed by atoms with Gasteiger partial charge in [0.2, 0.25) is 0 Å². The number of para-hydroxylation sites is 1. The van der Waals surface area contributed by atoms with E-state index in [2.05, 4.69) is 13.8 Å². The fraction of sp³-hybridized carbons (Fsp3) is 0.400. The van der Waals surface area contributed by atoms with Crippen LogP contribution >= 0.6 is 23.4 Å². The molecule has 0 aromatic heterocycles. The minimum absolute atomic E-state index is 0.0183. The number of nitro groups is 1. The Morgan fingerprint density at radius 3 is 2.73 bits per heavy atom. The SMILES string of the molecule is CC(C)CSc1cccc(Cl)c1[N+](=O)[O-]. The molecule has 0 fully saturated rings. The third-order valence-corrected chi connectivity index (χ3v) is 3.48. The first-order chi connectivity index (χ1) is 7.02. The number of halogens is 1. The Morgan fingerprint density at radius 2 is 2.20 bits per heavy atom. The fourth-order valence-corrected chi connectivity index (χ4v) is 2.35. The zero-order chi connectivity index (χ0) is 11.4. The summed E-state index contributed by atoms with van der Waals surface area (Å²) in [6, 6.07) is 5.01. The minimum atomic E-state index is -0.426. The number of hydrogen-bond acceptors (Lipinski definition) is 3. The maximum absolute atomic E-state index is 10.8. The van der Waals surface area contributed by atoms with Crippen LogP contribution in [0, 0.1) is 16.0 Å². The molecule has 0 atom stereocenters. The van der Waals surface area contributed by atoms with E-state index in [1.807, 2.05) is 0 Å². The Labute approximate surface area is 98.0 Å². The van der Waals surface area contributed by atoms with Crippen molar-refractivity contribution >= 4 is 29.1 Å². The first-order valence-corrected chi connectivity index (χ1v) is 5.94. The van der Waals surface area contributed by atoms with E-state index in [4.69, 9.17) is 11.6 Å². The van der Waals surface area contributed by atoms with Crippen LogP contribution < -0.4 is 0 Å². The van der Waals surface area contributed by atoms with Gasteiger partial charge in [0.05, 0.1) is 9.82 Å². The van der Waals surface area contributed by atoms with Gasteiger partial charge in [-0.25, -0.2) is 0 Å². The molecule has 0 unspecified atom stereocenters. The van der Waals surface area contributed by atoms with Crippen LogP contribution in [0.5, 0.6) is 0 Å². The van der Waals surface area contributed by atoms with Crippen molar-refractivity contribution in [1.29, 1.82) is 0 Å². The Hall–Kier alpha value is -0.740. The molecule has 0 amide bonds. The van der Waals surface area contributed by atoms with Gasteiger partial charge in [-0.3, -0.25) is 10.1 Å². The van der Waals surface area contributed by atoms with E-state index in [0.29, 0.717) is 10.8 Å². The van der Waals surface area contributed by atoms with Gasteiger partial charge in [-0.2, -0.15) is 0 Å². The van der Waals surface area contributed by atoms with Gasteiger partial charge in [0.1, 0.15) is 5.02 Å². The molecule has 15 heavy (non-hydrogen) atoms. The van der Waals surface area contributed by atoms with E-state index in [-0.39, 0.29) is 10.7 Å². The molecule has 0 saturated heterocycles. The molecule has 5 heteroatoms. The Morgan fingerprint density at radius 1 is 1.53 bits per heavy atom. The molecule has 0 spiro atoms. The number of rotatable bonds is 4. The quantitative estimate of drug-likeness (QED) is 0.458. The lowest BCUT2D eigenvalue weighted by atomic mass is 10.3. The molecule has 1 aromatic rings. The summed E-state index contributed by atoms with van der Waals surface area (Å²) < 4.78 is 0. The lowest BCUT2D eigenvalue weighted by molar-refractivity contribution is -0.387. The number of nitro benzene ring substituents is 1. The number of thioether (sulfide) groups is 1. The van der Waals surface area contributed by atoms with Crippen molar-refractivity contribution in [3.63, 3.8) is 0 Å². The fourth-order valence-electron chi connectivity index (χ4n) is 1.05. The van der Waals surface area contributed by atoms with Crippen LogP contribution in [-0.2, 0) is 0 Å². The Bertz CT molecular complexity index is 368. The molecule has 0 aliphatic carbocycles.